The highest BCUT2D eigenvalue weighted by molar-refractivity contribution is 5.93. The molecule has 0 aliphatic heterocycles. The van der Waals surface area contributed by atoms with Gasteiger partial charge in [-0.2, -0.15) is 0 Å². The van der Waals surface area contributed by atoms with Gasteiger partial charge < -0.3 is 0 Å². The summed E-state index contributed by atoms with van der Waals surface area (Å²) in [5, 5.41) is 13.6. The number of benzene rings is 3. The summed E-state index contributed by atoms with van der Waals surface area (Å²) in [6.45, 7) is 0. The topological polar surface area (TPSA) is 90.1 Å². The lowest BCUT2D eigenvalue weighted by molar-refractivity contribution is -0.384. The molecule has 4 rings (SSSR count). The van der Waals surface area contributed by atoms with Crippen LogP contribution < -0.4 is 5.32 Å². The largest absolute Gasteiger partial charge is 0.295 e. The molecule has 0 bridgehead atoms. The Balaban J connectivity index is 1.62. The maximum atomic E-state index is 12.6. The van der Waals surface area contributed by atoms with Gasteiger partial charge in [-0.3, -0.25) is 24.8 Å². The fourth-order valence-corrected chi connectivity index (χ4v) is 3.04. The average Bonchev–Trinajstić information content (AvgIpc) is 3.06. The van der Waals surface area contributed by atoms with E-state index >= 15 is 0 Å². The summed E-state index contributed by atoms with van der Waals surface area (Å²) in [6.07, 6.45) is 0.0932. The lowest BCUT2D eigenvalue weighted by atomic mass is 10.1. The Labute approximate surface area is 160 Å². The highest BCUT2D eigenvalue weighted by Gasteiger charge is 2.15. The number of nitro benzene ring substituents is 1. The molecule has 0 aliphatic carbocycles. The Bertz CT molecular complexity index is 1150. The predicted molar refractivity (Wildman–Crippen MR) is 107 cm³/mol. The van der Waals surface area contributed by atoms with E-state index in [0.29, 0.717) is 11.5 Å². The van der Waals surface area contributed by atoms with E-state index in [1.54, 1.807) is 12.1 Å². The van der Waals surface area contributed by atoms with Crippen molar-refractivity contribution in [2.75, 3.05) is 5.32 Å². The minimum Gasteiger partial charge on any atom is -0.295 e. The molecular weight excluding hydrogens is 356 g/mol. The fourth-order valence-electron chi connectivity index (χ4n) is 3.04. The zero-order chi connectivity index (χ0) is 19.5. The molecule has 1 heterocycles. The Morgan fingerprint density at radius 1 is 0.964 bits per heavy atom. The first-order chi connectivity index (χ1) is 13.6. The van der Waals surface area contributed by atoms with Gasteiger partial charge in [0.05, 0.1) is 22.4 Å². The Morgan fingerprint density at radius 2 is 1.64 bits per heavy atom. The van der Waals surface area contributed by atoms with Crippen LogP contribution in [0.5, 0.6) is 0 Å². The van der Waals surface area contributed by atoms with Crippen molar-refractivity contribution in [3.8, 4) is 5.69 Å². The summed E-state index contributed by atoms with van der Waals surface area (Å²) < 4.78 is 1.89. The van der Waals surface area contributed by atoms with E-state index < -0.39 is 4.92 Å². The molecule has 4 aromatic rings. The number of rotatable bonds is 5. The van der Waals surface area contributed by atoms with E-state index in [2.05, 4.69) is 10.3 Å². The number of aromatic nitrogens is 2. The fraction of sp³-hybridized carbons (Fsp3) is 0.0476. The molecule has 0 saturated heterocycles. The molecule has 0 saturated carbocycles. The molecule has 7 nitrogen and oxygen atoms in total. The molecule has 7 heteroatoms. The van der Waals surface area contributed by atoms with Crippen LogP contribution in [0.4, 0.5) is 11.6 Å². The molecule has 0 radical (unpaired) electrons. The van der Waals surface area contributed by atoms with E-state index in [-0.39, 0.29) is 18.0 Å². The van der Waals surface area contributed by atoms with Gasteiger partial charge in [-0.15, -0.1) is 0 Å². The number of non-ortho nitro benzene ring substituents is 1. The molecule has 0 spiro atoms. The van der Waals surface area contributed by atoms with E-state index in [9.17, 15) is 14.9 Å². The monoisotopic (exact) mass is 372 g/mol. The summed E-state index contributed by atoms with van der Waals surface area (Å²) in [6, 6.07) is 23.3. The molecule has 0 aliphatic rings. The minimum absolute atomic E-state index is 0.00460. The van der Waals surface area contributed by atoms with Gasteiger partial charge in [0, 0.05) is 17.8 Å². The minimum atomic E-state index is -0.466. The first-order valence-electron chi connectivity index (χ1n) is 8.68. The molecule has 1 aromatic heterocycles. The summed E-state index contributed by atoms with van der Waals surface area (Å²) in [7, 11) is 0. The summed E-state index contributed by atoms with van der Waals surface area (Å²) >= 11 is 0. The van der Waals surface area contributed by atoms with Crippen molar-refractivity contribution in [3.05, 3.63) is 94.5 Å². The van der Waals surface area contributed by atoms with Gasteiger partial charge in [-0.05, 0) is 29.8 Å². The van der Waals surface area contributed by atoms with Crippen molar-refractivity contribution in [2.45, 2.75) is 6.42 Å². The number of carbonyl (C=O) groups is 1. The van der Waals surface area contributed by atoms with Crippen molar-refractivity contribution < 1.29 is 9.72 Å². The van der Waals surface area contributed by atoms with Crippen LogP contribution in [0.3, 0.4) is 0 Å². The highest BCUT2D eigenvalue weighted by Crippen LogP contribution is 2.24. The summed E-state index contributed by atoms with van der Waals surface area (Å²) in [4.78, 5) is 27.4. The second-order valence-corrected chi connectivity index (χ2v) is 6.24. The first kappa shape index (κ1) is 17.4. The maximum Gasteiger partial charge on any atom is 0.269 e. The molecule has 3 aromatic carbocycles. The van der Waals surface area contributed by atoms with Crippen molar-refractivity contribution in [1.82, 2.24) is 9.55 Å². The van der Waals surface area contributed by atoms with Crippen LogP contribution in [0.15, 0.2) is 78.9 Å². The van der Waals surface area contributed by atoms with Crippen molar-refractivity contribution in [3.63, 3.8) is 0 Å². The van der Waals surface area contributed by atoms with Gasteiger partial charge in [0.25, 0.3) is 5.69 Å². The lowest BCUT2D eigenvalue weighted by Crippen LogP contribution is -2.17. The van der Waals surface area contributed by atoms with Crippen LogP contribution >= 0.6 is 0 Å². The number of fused-ring (bicyclic) bond motifs is 1. The van der Waals surface area contributed by atoms with Gasteiger partial charge in [0.2, 0.25) is 11.9 Å². The first-order valence-corrected chi connectivity index (χ1v) is 8.68. The highest BCUT2D eigenvalue weighted by atomic mass is 16.6. The number of anilines is 1. The SMILES string of the molecule is O=C(Cc1ccc([N+](=O)[O-])cc1)Nc1nc2ccccc2n1-c1ccccc1. The number of hydrogen-bond donors (Lipinski definition) is 1. The Hall–Kier alpha value is -4.00. The zero-order valence-electron chi connectivity index (χ0n) is 14.8. The number of para-hydroxylation sites is 3. The van der Waals surface area contributed by atoms with E-state index in [0.717, 1.165) is 16.7 Å². The number of nitrogens with zero attached hydrogens (tertiary/aromatic N) is 3. The second-order valence-electron chi connectivity index (χ2n) is 6.24. The van der Waals surface area contributed by atoms with Crippen molar-refractivity contribution in [1.29, 1.82) is 0 Å². The predicted octanol–water partition coefficient (Wildman–Crippen LogP) is 4.11. The number of amides is 1. The Morgan fingerprint density at radius 3 is 2.36 bits per heavy atom. The van der Waals surface area contributed by atoms with Gasteiger partial charge in [0.15, 0.2) is 0 Å². The summed E-state index contributed by atoms with van der Waals surface area (Å²) in [5.41, 5.74) is 3.23. The van der Waals surface area contributed by atoms with Crippen LogP contribution in [0.25, 0.3) is 16.7 Å². The second kappa shape index (κ2) is 7.32. The van der Waals surface area contributed by atoms with E-state index in [1.807, 2.05) is 59.2 Å². The standard InChI is InChI=1S/C21H16N4O3/c26-20(14-15-10-12-17(13-11-15)25(27)28)23-21-22-18-8-4-5-9-19(18)24(21)16-6-2-1-3-7-16/h1-13H,14H2,(H,22,23,26). The number of imidazole rings is 1. The maximum absolute atomic E-state index is 12.6. The van der Waals surface area contributed by atoms with Crippen LogP contribution in [0.1, 0.15) is 5.56 Å². The summed E-state index contributed by atoms with van der Waals surface area (Å²) in [5.74, 6) is 0.181. The molecule has 1 amide bonds. The smallest absolute Gasteiger partial charge is 0.269 e. The van der Waals surface area contributed by atoms with Crippen LogP contribution in [0.2, 0.25) is 0 Å². The number of carbonyl (C=O) groups excluding carboxylic acids is 1. The van der Waals surface area contributed by atoms with Gasteiger partial charge in [-0.25, -0.2) is 4.98 Å². The van der Waals surface area contributed by atoms with Gasteiger partial charge in [-0.1, -0.05) is 42.5 Å². The van der Waals surface area contributed by atoms with Crippen LogP contribution in [-0.4, -0.2) is 20.4 Å². The zero-order valence-corrected chi connectivity index (χ0v) is 14.8. The number of hydrogen-bond acceptors (Lipinski definition) is 4. The van der Waals surface area contributed by atoms with Gasteiger partial charge >= 0.3 is 0 Å². The third-order valence-corrected chi connectivity index (χ3v) is 4.34. The van der Waals surface area contributed by atoms with E-state index in [1.165, 1.54) is 12.1 Å². The molecule has 0 atom stereocenters. The molecule has 28 heavy (non-hydrogen) atoms. The van der Waals surface area contributed by atoms with Gasteiger partial charge in [0.1, 0.15) is 0 Å². The normalized spacial score (nSPS) is 10.7. The number of nitro groups is 1. The molecule has 138 valence electrons. The quantitative estimate of drug-likeness (QED) is 0.421. The third kappa shape index (κ3) is 3.45. The molecule has 0 fully saturated rings. The molecule has 0 unspecified atom stereocenters. The van der Waals surface area contributed by atoms with Crippen LogP contribution in [0, 0.1) is 10.1 Å². The third-order valence-electron chi connectivity index (χ3n) is 4.34. The Kier molecular flexibility index (Phi) is 4.55. The van der Waals surface area contributed by atoms with Crippen molar-refractivity contribution in [2.24, 2.45) is 0 Å². The van der Waals surface area contributed by atoms with E-state index in [4.69, 9.17) is 0 Å². The lowest BCUT2D eigenvalue weighted by Gasteiger charge is -2.10. The van der Waals surface area contributed by atoms with Crippen LogP contribution in [-0.2, 0) is 11.2 Å². The van der Waals surface area contributed by atoms with Crippen molar-refractivity contribution >= 4 is 28.6 Å². The molecular formula is C21H16N4O3. The molecule has 1 N–H and O–H groups in total. The number of nitrogens with one attached hydrogen (secondary N) is 1. The average molecular weight is 372 g/mol.